The van der Waals surface area contributed by atoms with Crippen LogP contribution < -0.4 is 0 Å². The van der Waals surface area contributed by atoms with Gasteiger partial charge in [-0.25, -0.2) is 8.78 Å². The zero-order valence-corrected chi connectivity index (χ0v) is 16.2. The lowest BCUT2D eigenvalue weighted by Crippen LogP contribution is -2.16. The van der Waals surface area contributed by atoms with Crippen LogP contribution >= 0.6 is 0 Å². The van der Waals surface area contributed by atoms with E-state index in [4.69, 9.17) is 0 Å². The van der Waals surface area contributed by atoms with Gasteiger partial charge in [-0.2, -0.15) is 0 Å². The van der Waals surface area contributed by atoms with Gasteiger partial charge in [0, 0.05) is 5.92 Å². The standard InChI is InChI=1S/C24H32F2/c1-3-4-5-6-18-9-13-20(14-10-18)22-16-15-21(23(25)24(22)26)19-11-7-17(2)8-12-19/h3-4,7,11,15-20H,5-6,8-10,12-14H2,1-2H3/b4-3+. The Balaban J connectivity index is 1.66. The van der Waals surface area contributed by atoms with Gasteiger partial charge >= 0.3 is 0 Å². The summed E-state index contributed by atoms with van der Waals surface area (Å²) in [4.78, 5) is 0. The molecule has 26 heavy (non-hydrogen) atoms. The number of allylic oxidation sites excluding steroid dienone is 4. The van der Waals surface area contributed by atoms with E-state index in [1.807, 2.05) is 12.1 Å². The number of rotatable bonds is 5. The van der Waals surface area contributed by atoms with E-state index in [2.05, 4.69) is 38.2 Å². The summed E-state index contributed by atoms with van der Waals surface area (Å²) in [6.45, 7) is 4.23. The van der Waals surface area contributed by atoms with Crippen molar-refractivity contribution in [3.63, 3.8) is 0 Å². The van der Waals surface area contributed by atoms with Crippen LogP contribution in [-0.4, -0.2) is 0 Å². The van der Waals surface area contributed by atoms with Gasteiger partial charge in [0.15, 0.2) is 11.6 Å². The molecule has 0 aliphatic heterocycles. The summed E-state index contributed by atoms with van der Waals surface area (Å²) in [5, 5.41) is 0. The summed E-state index contributed by atoms with van der Waals surface area (Å²) in [7, 11) is 0. The van der Waals surface area contributed by atoms with Gasteiger partial charge in [0.1, 0.15) is 0 Å². The Hall–Kier alpha value is -1.44. The Bertz CT molecular complexity index is 650. The molecule has 1 saturated carbocycles. The Labute approximate surface area is 157 Å². The molecule has 1 fully saturated rings. The molecule has 0 aromatic heterocycles. The molecule has 3 rings (SSSR count). The zero-order chi connectivity index (χ0) is 18.5. The molecule has 0 N–H and O–H groups in total. The van der Waals surface area contributed by atoms with Crippen molar-refractivity contribution in [1.82, 2.24) is 0 Å². The van der Waals surface area contributed by atoms with Crippen molar-refractivity contribution >= 4 is 0 Å². The largest absolute Gasteiger partial charge is 0.203 e. The maximum atomic E-state index is 14.8. The summed E-state index contributed by atoms with van der Waals surface area (Å²) in [5.41, 5.74) is 1.14. The second kappa shape index (κ2) is 8.97. The van der Waals surface area contributed by atoms with E-state index >= 15 is 0 Å². The molecule has 2 aliphatic carbocycles. The lowest BCUT2D eigenvalue weighted by atomic mass is 9.76. The van der Waals surface area contributed by atoms with Crippen molar-refractivity contribution < 1.29 is 8.78 Å². The molecule has 0 amide bonds. The van der Waals surface area contributed by atoms with Gasteiger partial charge in [0.2, 0.25) is 0 Å². The third kappa shape index (κ3) is 4.45. The summed E-state index contributed by atoms with van der Waals surface area (Å²) in [6.07, 6.45) is 17.1. The van der Waals surface area contributed by atoms with Crippen LogP contribution in [0.15, 0.2) is 36.4 Å². The van der Waals surface area contributed by atoms with Crippen molar-refractivity contribution in [2.24, 2.45) is 11.8 Å². The highest BCUT2D eigenvalue weighted by molar-refractivity contribution is 5.34. The van der Waals surface area contributed by atoms with Crippen LogP contribution in [0.2, 0.25) is 0 Å². The number of benzene rings is 1. The predicted octanol–water partition coefficient (Wildman–Crippen LogP) is 7.66. The third-order valence-corrected chi connectivity index (χ3v) is 6.41. The highest BCUT2D eigenvalue weighted by Crippen LogP contribution is 2.40. The highest BCUT2D eigenvalue weighted by atomic mass is 19.2. The third-order valence-electron chi connectivity index (χ3n) is 6.41. The normalized spacial score (nSPS) is 29.4. The zero-order valence-electron chi connectivity index (χ0n) is 16.2. The highest BCUT2D eigenvalue weighted by Gasteiger charge is 2.27. The molecule has 2 atom stereocenters. The molecular formula is C24H32F2. The van der Waals surface area contributed by atoms with Gasteiger partial charge in [-0.05, 0) is 87.2 Å². The second-order valence-electron chi connectivity index (χ2n) is 8.28. The Morgan fingerprint density at radius 3 is 2.27 bits per heavy atom. The molecule has 0 saturated heterocycles. The molecule has 0 heterocycles. The van der Waals surface area contributed by atoms with E-state index in [9.17, 15) is 8.78 Å². The minimum absolute atomic E-state index is 0.0251. The summed E-state index contributed by atoms with van der Waals surface area (Å²) >= 11 is 0. The van der Waals surface area contributed by atoms with Crippen LogP contribution in [0.1, 0.15) is 88.2 Å². The monoisotopic (exact) mass is 358 g/mol. The first-order chi connectivity index (χ1) is 12.6. The summed E-state index contributed by atoms with van der Waals surface area (Å²) in [6, 6.07) is 3.71. The van der Waals surface area contributed by atoms with Gasteiger partial charge in [-0.1, -0.05) is 43.4 Å². The van der Waals surface area contributed by atoms with Crippen LogP contribution in [0.3, 0.4) is 0 Å². The van der Waals surface area contributed by atoms with E-state index in [0.717, 1.165) is 50.9 Å². The average molecular weight is 359 g/mol. The number of hydrogen-bond acceptors (Lipinski definition) is 0. The molecule has 1 aromatic carbocycles. The summed E-state index contributed by atoms with van der Waals surface area (Å²) < 4.78 is 29.6. The predicted molar refractivity (Wildman–Crippen MR) is 105 cm³/mol. The fourth-order valence-corrected chi connectivity index (χ4v) is 4.66. The Kier molecular flexibility index (Phi) is 6.67. The van der Waals surface area contributed by atoms with Crippen molar-refractivity contribution in [2.45, 2.75) is 77.0 Å². The molecule has 0 bridgehead atoms. The van der Waals surface area contributed by atoms with E-state index in [-0.39, 0.29) is 11.8 Å². The van der Waals surface area contributed by atoms with Crippen LogP contribution in [0, 0.1) is 23.5 Å². The Morgan fingerprint density at radius 1 is 0.923 bits per heavy atom. The maximum absolute atomic E-state index is 14.8. The van der Waals surface area contributed by atoms with Crippen molar-refractivity contribution in [1.29, 1.82) is 0 Å². The first-order valence-corrected chi connectivity index (χ1v) is 10.4. The second-order valence-corrected chi connectivity index (χ2v) is 8.28. The molecule has 0 radical (unpaired) electrons. The van der Waals surface area contributed by atoms with Crippen LogP contribution in [0.4, 0.5) is 8.78 Å². The van der Waals surface area contributed by atoms with Gasteiger partial charge in [0.25, 0.3) is 0 Å². The van der Waals surface area contributed by atoms with Gasteiger partial charge < -0.3 is 0 Å². The van der Waals surface area contributed by atoms with Crippen molar-refractivity contribution in [3.8, 4) is 0 Å². The first kappa shape index (κ1) is 19.3. The molecular weight excluding hydrogens is 326 g/mol. The van der Waals surface area contributed by atoms with Crippen LogP contribution in [0.25, 0.3) is 0 Å². The molecule has 0 spiro atoms. The Morgan fingerprint density at radius 2 is 1.62 bits per heavy atom. The van der Waals surface area contributed by atoms with E-state index in [1.54, 1.807) is 0 Å². The summed E-state index contributed by atoms with van der Waals surface area (Å²) in [5.74, 6) is 0.287. The smallest absolute Gasteiger partial charge is 0.162 e. The van der Waals surface area contributed by atoms with Crippen LogP contribution in [-0.2, 0) is 0 Å². The lowest BCUT2D eigenvalue weighted by molar-refractivity contribution is 0.306. The lowest BCUT2D eigenvalue weighted by Gasteiger charge is -2.29. The molecule has 1 aromatic rings. The number of hydrogen-bond donors (Lipinski definition) is 0. The quantitative estimate of drug-likeness (QED) is 0.474. The SMILES string of the molecule is C/C=C/CCC1CCC(c2ccc(C3C=CC(C)CC3)c(F)c2F)CC1. The van der Waals surface area contributed by atoms with Gasteiger partial charge in [-0.3, -0.25) is 0 Å². The molecule has 2 unspecified atom stereocenters. The van der Waals surface area contributed by atoms with Gasteiger partial charge in [0.05, 0.1) is 0 Å². The van der Waals surface area contributed by atoms with E-state index < -0.39 is 11.6 Å². The topological polar surface area (TPSA) is 0 Å². The molecule has 2 heteroatoms. The minimum Gasteiger partial charge on any atom is -0.203 e. The van der Waals surface area contributed by atoms with E-state index in [0.29, 0.717) is 17.0 Å². The molecule has 142 valence electrons. The van der Waals surface area contributed by atoms with Crippen molar-refractivity contribution in [3.05, 3.63) is 59.2 Å². The number of halogens is 2. The molecule has 2 aliphatic rings. The molecule has 0 nitrogen and oxygen atoms in total. The minimum atomic E-state index is -0.609. The first-order valence-electron chi connectivity index (χ1n) is 10.4. The maximum Gasteiger partial charge on any atom is 0.162 e. The fourth-order valence-electron chi connectivity index (χ4n) is 4.66. The van der Waals surface area contributed by atoms with Crippen LogP contribution in [0.5, 0.6) is 0 Å². The van der Waals surface area contributed by atoms with Gasteiger partial charge in [-0.15, -0.1) is 0 Å². The fraction of sp³-hybridized carbons (Fsp3) is 0.583. The average Bonchev–Trinajstić information content (AvgIpc) is 2.66. The van der Waals surface area contributed by atoms with Crippen molar-refractivity contribution in [2.75, 3.05) is 0 Å². The van der Waals surface area contributed by atoms with E-state index in [1.165, 1.54) is 6.42 Å².